The van der Waals surface area contributed by atoms with Gasteiger partial charge in [0.15, 0.2) is 0 Å². The van der Waals surface area contributed by atoms with Gasteiger partial charge in [-0.05, 0) is 36.1 Å². The summed E-state index contributed by atoms with van der Waals surface area (Å²) in [5.74, 6) is 0. The van der Waals surface area contributed by atoms with Crippen LogP contribution in [0.5, 0.6) is 0 Å². The van der Waals surface area contributed by atoms with Gasteiger partial charge in [0, 0.05) is 4.70 Å². The third kappa shape index (κ3) is 1.25. The van der Waals surface area contributed by atoms with Gasteiger partial charge in [-0.25, -0.2) is 0 Å². The molecule has 2 N–H and O–H groups in total. The molecule has 2 rings (SSSR count). The van der Waals surface area contributed by atoms with Gasteiger partial charge in [-0.2, -0.15) is 5.26 Å². The summed E-state index contributed by atoms with van der Waals surface area (Å²) in [7, 11) is 0. The van der Waals surface area contributed by atoms with Gasteiger partial charge in [-0.3, -0.25) is 0 Å². The Morgan fingerprint density at radius 3 is 2.85 bits per heavy atom. The van der Waals surface area contributed by atoms with Crippen molar-refractivity contribution >= 4 is 26.4 Å². The SMILES string of the molecule is Cc1cc2sc(N)cc2cc1C#N. The molecule has 2 aromatic rings. The molecule has 2 nitrogen and oxygen atoms in total. The zero-order valence-electron chi connectivity index (χ0n) is 7.16. The Morgan fingerprint density at radius 1 is 1.38 bits per heavy atom. The molecule has 0 unspecified atom stereocenters. The molecule has 0 bridgehead atoms. The lowest BCUT2D eigenvalue weighted by molar-refractivity contribution is 1.42. The van der Waals surface area contributed by atoms with E-state index in [4.69, 9.17) is 11.0 Å². The summed E-state index contributed by atoms with van der Waals surface area (Å²) in [5.41, 5.74) is 7.41. The second-order valence-electron chi connectivity index (χ2n) is 2.97. The molecule has 1 aromatic carbocycles. The molecular weight excluding hydrogens is 180 g/mol. The summed E-state index contributed by atoms with van der Waals surface area (Å²) in [6, 6.07) is 7.96. The smallest absolute Gasteiger partial charge is 0.0994 e. The first kappa shape index (κ1) is 8.09. The lowest BCUT2D eigenvalue weighted by atomic mass is 10.1. The van der Waals surface area contributed by atoms with E-state index in [2.05, 4.69) is 6.07 Å². The highest BCUT2D eigenvalue weighted by Crippen LogP contribution is 2.29. The fraction of sp³-hybridized carbons (Fsp3) is 0.100. The van der Waals surface area contributed by atoms with Crippen LogP contribution in [0, 0.1) is 18.3 Å². The number of aryl methyl sites for hydroxylation is 1. The third-order valence-corrected chi connectivity index (χ3v) is 2.93. The van der Waals surface area contributed by atoms with Crippen LogP contribution in [0.3, 0.4) is 0 Å². The minimum atomic E-state index is 0.727. The maximum Gasteiger partial charge on any atom is 0.0994 e. The van der Waals surface area contributed by atoms with Crippen molar-refractivity contribution in [2.24, 2.45) is 0 Å². The highest BCUT2D eigenvalue weighted by atomic mass is 32.1. The Labute approximate surface area is 80.2 Å². The fourth-order valence-electron chi connectivity index (χ4n) is 1.33. The van der Waals surface area contributed by atoms with Gasteiger partial charge >= 0.3 is 0 Å². The van der Waals surface area contributed by atoms with E-state index in [0.717, 1.165) is 26.2 Å². The van der Waals surface area contributed by atoms with Gasteiger partial charge in [0.2, 0.25) is 0 Å². The van der Waals surface area contributed by atoms with Crippen molar-refractivity contribution in [2.75, 3.05) is 5.73 Å². The van der Waals surface area contributed by atoms with Crippen LogP contribution in [0.4, 0.5) is 5.00 Å². The average Bonchev–Trinajstić information content (AvgIpc) is 2.42. The minimum absolute atomic E-state index is 0.727. The molecule has 64 valence electrons. The summed E-state index contributed by atoms with van der Waals surface area (Å²) in [6.45, 7) is 1.94. The third-order valence-electron chi connectivity index (χ3n) is 2.00. The number of hydrogen-bond donors (Lipinski definition) is 1. The van der Waals surface area contributed by atoms with E-state index in [1.807, 2.05) is 25.1 Å². The first-order chi connectivity index (χ1) is 6.20. The summed E-state index contributed by atoms with van der Waals surface area (Å²) < 4.78 is 1.15. The van der Waals surface area contributed by atoms with Crippen LogP contribution < -0.4 is 5.73 Å². The first-order valence-electron chi connectivity index (χ1n) is 3.90. The van der Waals surface area contributed by atoms with Crippen molar-refractivity contribution < 1.29 is 0 Å². The summed E-state index contributed by atoms with van der Waals surface area (Å²) in [4.78, 5) is 0. The highest BCUT2D eigenvalue weighted by Gasteiger charge is 2.03. The second-order valence-corrected chi connectivity index (χ2v) is 4.08. The molecule has 13 heavy (non-hydrogen) atoms. The van der Waals surface area contributed by atoms with E-state index in [-0.39, 0.29) is 0 Å². The molecule has 1 aromatic heterocycles. The summed E-state index contributed by atoms with van der Waals surface area (Å²) >= 11 is 1.55. The van der Waals surface area contributed by atoms with Crippen LogP contribution in [-0.4, -0.2) is 0 Å². The number of rotatable bonds is 0. The number of nitrogen functional groups attached to an aromatic ring is 1. The van der Waals surface area contributed by atoms with Crippen molar-refractivity contribution in [1.82, 2.24) is 0 Å². The van der Waals surface area contributed by atoms with Crippen molar-refractivity contribution in [2.45, 2.75) is 6.92 Å². The standard InChI is InChI=1S/C10H8N2S/c1-6-2-9-7(3-8(6)5-11)4-10(12)13-9/h2-4H,12H2,1H3. The van der Waals surface area contributed by atoms with Crippen molar-refractivity contribution in [3.63, 3.8) is 0 Å². The van der Waals surface area contributed by atoms with Gasteiger partial charge in [0.25, 0.3) is 0 Å². The van der Waals surface area contributed by atoms with Crippen LogP contribution in [0.25, 0.3) is 10.1 Å². The Balaban J connectivity index is 2.82. The second kappa shape index (κ2) is 2.75. The van der Waals surface area contributed by atoms with Gasteiger partial charge in [-0.15, -0.1) is 11.3 Å². The first-order valence-corrected chi connectivity index (χ1v) is 4.72. The van der Waals surface area contributed by atoms with Crippen molar-refractivity contribution in [1.29, 1.82) is 5.26 Å². The fourth-order valence-corrected chi connectivity index (χ4v) is 2.24. The molecule has 0 fully saturated rings. The maximum absolute atomic E-state index is 8.81. The molecule has 0 spiro atoms. The van der Waals surface area contributed by atoms with E-state index >= 15 is 0 Å². The number of benzene rings is 1. The topological polar surface area (TPSA) is 49.8 Å². The van der Waals surface area contributed by atoms with Crippen molar-refractivity contribution in [3.05, 3.63) is 29.3 Å². The Hall–Kier alpha value is -1.53. The van der Waals surface area contributed by atoms with Gasteiger partial charge in [0.05, 0.1) is 16.6 Å². The lowest BCUT2D eigenvalue weighted by Crippen LogP contribution is -1.79. The molecule has 0 atom stereocenters. The van der Waals surface area contributed by atoms with E-state index in [9.17, 15) is 0 Å². The molecule has 0 saturated carbocycles. The monoisotopic (exact) mass is 188 g/mol. The van der Waals surface area contributed by atoms with Crippen LogP contribution in [0.2, 0.25) is 0 Å². The number of fused-ring (bicyclic) bond motifs is 1. The number of nitrogens with zero attached hydrogens (tertiary/aromatic N) is 1. The largest absolute Gasteiger partial charge is 0.391 e. The molecule has 1 heterocycles. The summed E-state index contributed by atoms with van der Waals surface area (Å²) in [5, 5.41) is 10.7. The van der Waals surface area contributed by atoms with Crippen LogP contribution in [-0.2, 0) is 0 Å². The maximum atomic E-state index is 8.81. The number of nitriles is 1. The predicted octanol–water partition coefficient (Wildman–Crippen LogP) is 2.66. The van der Waals surface area contributed by atoms with E-state index in [1.54, 1.807) is 11.3 Å². The quantitative estimate of drug-likeness (QED) is 0.691. The van der Waals surface area contributed by atoms with Gasteiger partial charge < -0.3 is 5.73 Å². The van der Waals surface area contributed by atoms with Crippen LogP contribution in [0.15, 0.2) is 18.2 Å². The molecular formula is C10H8N2S. The zero-order chi connectivity index (χ0) is 9.42. The van der Waals surface area contributed by atoms with E-state index < -0.39 is 0 Å². The number of thiophene rings is 1. The molecule has 0 radical (unpaired) electrons. The van der Waals surface area contributed by atoms with E-state index in [0.29, 0.717) is 0 Å². The Morgan fingerprint density at radius 2 is 2.15 bits per heavy atom. The average molecular weight is 188 g/mol. The molecule has 0 saturated heterocycles. The molecule has 3 heteroatoms. The predicted molar refractivity (Wildman–Crippen MR) is 55.7 cm³/mol. The van der Waals surface area contributed by atoms with Crippen molar-refractivity contribution in [3.8, 4) is 6.07 Å². The Kier molecular flexibility index (Phi) is 1.71. The van der Waals surface area contributed by atoms with Crippen LogP contribution >= 0.6 is 11.3 Å². The number of nitrogens with two attached hydrogens (primary N) is 1. The van der Waals surface area contributed by atoms with Crippen LogP contribution in [0.1, 0.15) is 11.1 Å². The highest BCUT2D eigenvalue weighted by molar-refractivity contribution is 7.22. The summed E-state index contributed by atoms with van der Waals surface area (Å²) in [6.07, 6.45) is 0. The number of hydrogen-bond acceptors (Lipinski definition) is 3. The zero-order valence-corrected chi connectivity index (χ0v) is 7.98. The molecule has 0 aliphatic rings. The molecule has 0 aliphatic carbocycles. The Bertz CT molecular complexity index is 505. The number of anilines is 1. The normalized spacial score (nSPS) is 10.2. The molecule has 0 aliphatic heterocycles. The molecule has 0 amide bonds. The van der Waals surface area contributed by atoms with E-state index in [1.165, 1.54) is 0 Å². The lowest BCUT2D eigenvalue weighted by Gasteiger charge is -1.95. The van der Waals surface area contributed by atoms with Gasteiger partial charge in [0.1, 0.15) is 0 Å². The van der Waals surface area contributed by atoms with Gasteiger partial charge in [-0.1, -0.05) is 0 Å². The minimum Gasteiger partial charge on any atom is -0.391 e.